The minimum absolute atomic E-state index is 0.0527. The predicted molar refractivity (Wildman–Crippen MR) is 73.4 cm³/mol. The van der Waals surface area contributed by atoms with E-state index in [1.54, 1.807) is 30.1 Å². The molecule has 0 aliphatic carbocycles. The van der Waals surface area contributed by atoms with Crippen LogP contribution in [0.3, 0.4) is 0 Å². The van der Waals surface area contributed by atoms with E-state index in [0.29, 0.717) is 16.9 Å². The fraction of sp³-hybridized carbons (Fsp3) is 0.385. The van der Waals surface area contributed by atoms with Crippen molar-refractivity contribution >= 4 is 29.5 Å². The van der Waals surface area contributed by atoms with E-state index in [-0.39, 0.29) is 18.5 Å². The summed E-state index contributed by atoms with van der Waals surface area (Å²) in [5.41, 5.74) is 1.24. The molecule has 18 heavy (non-hydrogen) atoms. The lowest BCUT2D eigenvalue weighted by Gasteiger charge is -2.20. The molecule has 4 nitrogen and oxygen atoms in total. The molecule has 0 saturated carbocycles. The lowest BCUT2D eigenvalue weighted by molar-refractivity contribution is -0.120. The first-order chi connectivity index (χ1) is 8.43. The van der Waals surface area contributed by atoms with Crippen LogP contribution in [-0.4, -0.2) is 31.8 Å². The van der Waals surface area contributed by atoms with Gasteiger partial charge in [-0.15, -0.1) is 0 Å². The molecule has 98 valence electrons. The molecule has 1 aromatic carbocycles. The van der Waals surface area contributed by atoms with Gasteiger partial charge in [0.05, 0.1) is 11.6 Å². The Kier molecular flexibility index (Phi) is 5.16. The van der Waals surface area contributed by atoms with Crippen molar-refractivity contribution in [1.82, 2.24) is 5.32 Å². The van der Waals surface area contributed by atoms with E-state index < -0.39 is 0 Å². The number of nitrogens with one attached hydrogen (secondary N) is 1. The fourth-order valence-corrected chi connectivity index (χ4v) is 1.74. The molecule has 1 rings (SSSR count). The van der Waals surface area contributed by atoms with E-state index in [1.165, 1.54) is 0 Å². The molecule has 0 fully saturated rings. The number of hydrogen-bond acceptors (Lipinski definition) is 3. The van der Waals surface area contributed by atoms with Crippen molar-refractivity contribution < 1.29 is 9.59 Å². The summed E-state index contributed by atoms with van der Waals surface area (Å²) in [7, 11) is 1.80. The molecule has 5 heteroatoms. The average molecular weight is 269 g/mol. The van der Waals surface area contributed by atoms with Crippen LogP contribution in [0.25, 0.3) is 0 Å². The maximum atomic E-state index is 11.6. The minimum Gasteiger partial charge on any atom is -0.365 e. The third-order valence-corrected chi connectivity index (χ3v) is 2.71. The van der Waals surface area contributed by atoms with Gasteiger partial charge < -0.3 is 10.2 Å². The van der Waals surface area contributed by atoms with Gasteiger partial charge in [-0.1, -0.05) is 11.6 Å². The number of anilines is 1. The summed E-state index contributed by atoms with van der Waals surface area (Å²) in [6.07, 6.45) is 0.706. The summed E-state index contributed by atoms with van der Waals surface area (Å²) < 4.78 is 0. The van der Waals surface area contributed by atoms with Crippen LogP contribution in [0.1, 0.15) is 24.2 Å². The van der Waals surface area contributed by atoms with Gasteiger partial charge >= 0.3 is 0 Å². The molecule has 0 bridgehead atoms. The van der Waals surface area contributed by atoms with Crippen LogP contribution in [-0.2, 0) is 4.79 Å². The third kappa shape index (κ3) is 4.04. The van der Waals surface area contributed by atoms with Gasteiger partial charge in [0.2, 0.25) is 5.91 Å². The number of halogens is 1. The van der Waals surface area contributed by atoms with Crippen molar-refractivity contribution in [1.29, 1.82) is 0 Å². The molecule has 0 aliphatic heterocycles. The topological polar surface area (TPSA) is 49.4 Å². The van der Waals surface area contributed by atoms with E-state index in [9.17, 15) is 9.59 Å². The summed E-state index contributed by atoms with van der Waals surface area (Å²) in [4.78, 5) is 24.0. The van der Waals surface area contributed by atoms with Gasteiger partial charge in [0.1, 0.15) is 0 Å². The largest absolute Gasteiger partial charge is 0.365 e. The molecular formula is C13H17ClN2O2. The minimum atomic E-state index is -0.0527. The number of aldehydes is 1. The second-order valence-electron chi connectivity index (χ2n) is 4.40. The number of likely N-dealkylation sites (N-methyl/N-ethyl adjacent to an activating group) is 1. The number of nitrogens with zero attached hydrogens (tertiary/aromatic N) is 1. The summed E-state index contributed by atoms with van der Waals surface area (Å²) in [6.45, 7) is 4.07. The molecule has 0 heterocycles. The number of benzene rings is 1. The fourth-order valence-electron chi connectivity index (χ4n) is 1.52. The number of amides is 1. The SMILES string of the molecule is CC(C)NC(=O)CN(C)c1ccc(C=O)c(Cl)c1. The van der Waals surface area contributed by atoms with Crippen molar-refractivity contribution in [3.63, 3.8) is 0 Å². The van der Waals surface area contributed by atoms with Gasteiger partial charge in [0.25, 0.3) is 0 Å². The van der Waals surface area contributed by atoms with E-state index in [2.05, 4.69) is 5.32 Å². The van der Waals surface area contributed by atoms with E-state index in [4.69, 9.17) is 11.6 Å². The quantitative estimate of drug-likeness (QED) is 0.832. The van der Waals surface area contributed by atoms with Gasteiger partial charge in [-0.2, -0.15) is 0 Å². The lowest BCUT2D eigenvalue weighted by atomic mass is 10.2. The molecule has 1 aromatic rings. The zero-order valence-corrected chi connectivity index (χ0v) is 11.5. The van der Waals surface area contributed by atoms with Crippen LogP contribution in [0.15, 0.2) is 18.2 Å². The van der Waals surface area contributed by atoms with Gasteiger partial charge in [-0.25, -0.2) is 0 Å². The van der Waals surface area contributed by atoms with Crippen LogP contribution in [0, 0.1) is 0 Å². The Morgan fingerprint density at radius 3 is 2.67 bits per heavy atom. The first kappa shape index (κ1) is 14.5. The van der Waals surface area contributed by atoms with Crippen LogP contribution in [0.5, 0.6) is 0 Å². The predicted octanol–water partition coefficient (Wildman–Crippen LogP) is 2.11. The summed E-state index contributed by atoms with van der Waals surface area (Å²) in [6, 6.07) is 5.19. The normalized spacial score (nSPS) is 10.3. The summed E-state index contributed by atoms with van der Waals surface area (Å²) in [5, 5.41) is 3.20. The second-order valence-corrected chi connectivity index (χ2v) is 4.81. The Morgan fingerprint density at radius 2 is 2.17 bits per heavy atom. The van der Waals surface area contributed by atoms with E-state index in [1.807, 2.05) is 13.8 Å². The zero-order valence-electron chi connectivity index (χ0n) is 10.7. The molecule has 0 radical (unpaired) electrons. The van der Waals surface area contributed by atoms with Crippen molar-refractivity contribution in [2.24, 2.45) is 0 Å². The second kappa shape index (κ2) is 6.40. The highest BCUT2D eigenvalue weighted by molar-refractivity contribution is 6.33. The van der Waals surface area contributed by atoms with Gasteiger partial charge in [0.15, 0.2) is 6.29 Å². The average Bonchev–Trinajstić information content (AvgIpc) is 2.27. The number of carbonyl (C=O) groups excluding carboxylic acids is 2. The first-order valence-electron chi connectivity index (χ1n) is 5.69. The summed E-state index contributed by atoms with van der Waals surface area (Å²) >= 11 is 5.94. The highest BCUT2D eigenvalue weighted by Crippen LogP contribution is 2.21. The van der Waals surface area contributed by atoms with Crippen LogP contribution in [0.2, 0.25) is 5.02 Å². The molecule has 0 aromatic heterocycles. The maximum absolute atomic E-state index is 11.6. The van der Waals surface area contributed by atoms with Crippen LogP contribution >= 0.6 is 11.6 Å². The highest BCUT2D eigenvalue weighted by atomic mass is 35.5. The van der Waals surface area contributed by atoms with Gasteiger partial charge in [-0.3, -0.25) is 9.59 Å². The van der Waals surface area contributed by atoms with Crippen molar-refractivity contribution in [2.45, 2.75) is 19.9 Å². The van der Waals surface area contributed by atoms with Gasteiger partial charge in [-0.05, 0) is 32.0 Å². The lowest BCUT2D eigenvalue weighted by Crippen LogP contribution is -2.38. The summed E-state index contributed by atoms with van der Waals surface area (Å²) in [5.74, 6) is -0.0527. The molecule has 0 saturated heterocycles. The van der Waals surface area contributed by atoms with Crippen molar-refractivity contribution in [3.8, 4) is 0 Å². The molecule has 0 atom stereocenters. The van der Waals surface area contributed by atoms with Crippen molar-refractivity contribution in [2.75, 3.05) is 18.5 Å². The smallest absolute Gasteiger partial charge is 0.239 e. The number of hydrogen-bond donors (Lipinski definition) is 1. The molecular weight excluding hydrogens is 252 g/mol. The Labute approximate surface area is 112 Å². The Hall–Kier alpha value is -1.55. The zero-order chi connectivity index (χ0) is 13.7. The molecule has 0 aliphatic rings. The highest BCUT2D eigenvalue weighted by Gasteiger charge is 2.09. The number of rotatable bonds is 5. The molecule has 0 unspecified atom stereocenters. The van der Waals surface area contributed by atoms with Crippen LogP contribution in [0.4, 0.5) is 5.69 Å². The maximum Gasteiger partial charge on any atom is 0.239 e. The monoisotopic (exact) mass is 268 g/mol. The third-order valence-electron chi connectivity index (χ3n) is 2.38. The number of carbonyl (C=O) groups is 2. The first-order valence-corrected chi connectivity index (χ1v) is 6.07. The molecule has 0 spiro atoms. The van der Waals surface area contributed by atoms with Crippen molar-refractivity contribution in [3.05, 3.63) is 28.8 Å². The van der Waals surface area contributed by atoms with Gasteiger partial charge in [0, 0.05) is 24.3 Å². The standard InChI is InChI=1S/C13H17ClN2O2/c1-9(2)15-13(18)7-16(3)11-5-4-10(8-17)12(14)6-11/h4-6,8-9H,7H2,1-3H3,(H,15,18). The van der Waals surface area contributed by atoms with E-state index in [0.717, 1.165) is 5.69 Å². The Bertz CT molecular complexity index is 447. The Balaban J connectivity index is 2.72. The molecule has 1 N–H and O–H groups in total. The Morgan fingerprint density at radius 1 is 1.50 bits per heavy atom. The molecule has 1 amide bonds. The van der Waals surface area contributed by atoms with E-state index >= 15 is 0 Å². The van der Waals surface area contributed by atoms with Crippen LogP contribution < -0.4 is 10.2 Å².